The molecular formula is C11H20O. The minimum Gasteiger partial charge on any atom is -0.393 e. The summed E-state index contributed by atoms with van der Waals surface area (Å²) in [5, 5.41) is 9.49. The average Bonchev–Trinajstić information content (AvgIpc) is 2.68. The van der Waals surface area contributed by atoms with Gasteiger partial charge in [-0.1, -0.05) is 11.6 Å². The van der Waals surface area contributed by atoms with Crippen molar-refractivity contribution in [1.82, 2.24) is 0 Å². The molecule has 0 aromatic heterocycles. The van der Waals surface area contributed by atoms with Crippen LogP contribution in [0.25, 0.3) is 0 Å². The third kappa shape index (κ3) is 2.34. The van der Waals surface area contributed by atoms with Gasteiger partial charge in [0.1, 0.15) is 0 Å². The molecule has 0 bridgehead atoms. The highest BCUT2D eigenvalue weighted by Gasteiger charge is 2.45. The summed E-state index contributed by atoms with van der Waals surface area (Å²) in [5.74, 6) is 0. The molecule has 0 saturated heterocycles. The quantitative estimate of drug-likeness (QED) is 0.640. The fraction of sp³-hybridized carbons (Fsp3) is 0.818. The van der Waals surface area contributed by atoms with Crippen molar-refractivity contribution in [3.8, 4) is 0 Å². The molecule has 0 aromatic carbocycles. The van der Waals surface area contributed by atoms with Crippen LogP contribution in [0.5, 0.6) is 0 Å². The van der Waals surface area contributed by atoms with Gasteiger partial charge in [0.15, 0.2) is 0 Å². The van der Waals surface area contributed by atoms with Crippen molar-refractivity contribution < 1.29 is 5.11 Å². The van der Waals surface area contributed by atoms with Crippen LogP contribution < -0.4 is 0 Å². The van der Waals surface area contributed by atoms with Crippen LogP contribution in [-0.2, 0) is 0 Å². The monoisotopic (exact) mass is 168 g/mol. The van der Waals surface area contributed by atoms with Gasteiger partial charge in [-0.05, 0) is 51.9 Å². The Kier molecular flexibility index (Phi) is 2.94. The molecule has 0 aromatic rings. The van der Waals surface area contributed by atoms with E-state index in [2.05, 4.69) is 19.9 Å². The zero-order valence-electron chi connectivity index (χ0n) is 8.43. The Balaban J connectivity index is 2.28. The first-order valence-electron chi connectivity index (χ1n) is 4.88. The van der Waals surface area contributed by atoms with E-state index in [1.807, 2.05) is 6.92 Å². The fourth-order valence-electron chi connectivity index (χ4n) is 1.69. The number of hydrogen-bond donors (Lipinski definition) is 1. The Hall–Kier alpha value is -0.300. The number of aliphatic hydroxyl groups excluding tert-OH is 1. The van der Waals surface area contributed by atoms with E-state index in [0.29, 0.717) is 5.41 Å². The van der Waals surface area contributed by atoms with Crippen molar-refractivity contribution in [1.29, 1.82) is 0 Å². The van der Waals surface area contributed by atoms with Crippen molar-refractivity contribution in [2.75, 3.05) is 0 Å². The Morgan fingerprint density at radius 3 is 2.42 bits per heavy atom. The third-order valence-corrected chi connectivity index (χ3v) is 2.97. The molecule has 0 radical (unpaired) electrons. The molecular weight excluding hydrogens is 148 g/mol. The van der Waals surface area contributed by atoms with Gasteiger partial charge >= 0.3 is 0 Å². The highest BCUT2D eigenvalue weighted by molar-refractivity contribution is 5.00. The van der Waals surface area contributed by atoms with Crippen LogP contribution in [0.3, 0.4) is 0 Å². The summed E-state index contributed by atoms with van der Waals surface area (Å²) in [4.78, 5) is 0. The van der Waals surface area contributed by atoms with Gasteiger partial charge in [0.2, 0.25) is 0 Å². The smallest absolute Gasteiger partial charge is 0.0568 e. The summed E-state index contributed by atoms with van der Waals surface area (Å²) in [6.45, 7) is 6.18. The molecule has 1 nitrogen and oxygen atoms in total. The Bertz CT molecular complexity index is 171. The predicted molar refractivity (Wildman–Crippen MR) is 52.0 cm³/mol. The number of aliphatic hydroxyl groups is 1. The van der Waals surface area contributed by atoms with Gasteiger partial charge in [0.05, 0.1) is 6.10 Å². The number of allylic oxidation sites excluding steroid dienone is 2. The van der Waals surface area contributed by atoms with Crippen LogP contribution in [0, 0.1) is 5.41 Å². The van der Waals surface area contributed by atoms with E-state index in [9.17, 15) is 5.11 Å². The maximum Gasteiger partial charge on any atom is 0.0568 e. The molecule has 1 unspecified atom stereocenters. The van der Waals surface area contributed by atoms with E-state index in [1.165, 1.54) is 18.4 Å². The summed E-state index contributed by atoms with van der Waals surface area (Å²) < 4.78 is 0. The summed E-state index contributed by atoms with van der Waals surface area (Å²) in [5.41, 5.74) is 1.68. The summed E-state index contributed by atoms with van der Waals surface area (Å²) in [6, 6.07) is 0. The van der Waals surface area contributed by atoms with Gasteiger partial charge in [0, 0.05) is 0 Å². The van der Waals surface area contributed by atoms with Crippen molar-refractivity contribution in [3.63, 3.8) is 0 Å². The highest BCUT2D eigenvalue weighted by Crippen LogP contribution is 2.52. The molecule has 0 aliphatic heterocycles. The summed E-state index contributed by atoms with van der Waals surface area (Å²) >= 11 is 0. The Morgan fingerprint density at radius 2 is 2.08 bits per heavy atom. The largest absolute Gasteiger partial charge is 0.393 e. The third-order valence-electron chi connectivity index (χ3n) is 2.97. The predicted octanol–water partition coefficient (Wildman–Crippen LogP) is 2.89. The molecule has 1 aliphatic carbocycles. The Morgan fingerprint density at radius 1 is 1.50 bits per heavy atom. The number of hydrogen-bond acceptors (Lipinski definition) is 1. The normalized spacial score (nSPS) is 21.7. The molecule has 70 valence electrons. The van der Waals surface area contributed by atoms with Gasteiger partial charge in [-0.25, -0.2) is 0 Å². The highest BCUT2D eigenvalue weighted by atomic mass is 16.3. The second-order valence-corrected chi connectivity index (χ2v) is 4.36. The second kappa shape index (κ2) is 3.61. The second-order valence-electron chi connectivity index (χ2n) is 4.36. The van der Waals surface area contributed by atoms with E-state index >= 15 is 0 Å². The SMILES string of the molecule is CC(C)=CCCC1(C(C)O)CC1. The lowest BCUT2D eigenvalue weighted by molar-refractivity contribution is 0.105. The molecule has 1 N–H and O–H groups in total. The molecule has 0 amide bonds. The van der Waals surface area contributed by atoms with Crippen molar-refractivity contribution >= 4 is 0 Å². The van der Waals surface area contributed by atoms with E-state index in [1.54, 1.807) is 0 Å². The lowest BCUT2D eigenvalue weighted by Gasteiger charge is -2.17. The zero-order valence-corrected chi connectivity index (χ0v) is 8.43. The van der Waals surface area contributed by atoms with E-state index < -0.39 is 0 Å². The number of rotatable bonds is 4. The topological polar surface area (TPSA) is 20.2 Å². The molecule has 1 fully saturated rings. The summed E-state index contributed by atoms with van der Waals surface area (Å²) in [7, 11) is 0. The molecule has 12 heavy (non-hydrogen) atoms. The lowest BCUT2D eigenvalue weighted by atomic mass is 9.94. The Labute approximate surface area is 75.5 Å². The molecule has 0 heterocycles. The van der Waals surface area contributed by atoms with Crippen LogP contribution in [0.15, 0.2) is 11.6 Å². The molecule has 1 rings (SSSR count). The van der Waals surface area contributed by atoms with Crippen molar-refractivity contribution in [3.05, 3.63) is 11.6 Å². The fourth-order valence-corrected chi connectivity index (χ4v) is 1.69. The van der Waals surface area contributed by atoms with Crippen LogP contribution in [0.4, 0.5) is 0 Å². The lowest BCUT2D eigenvalue weighted by Crippen LogP contribution is -2.17. The van der Waals surface area contributed by atoms with Gasteiger partial charge < -0.3 is 5.11 Å². The van der Waals surface area contributed by atoms with Crippen molar-refractivity contribution in [2.24, 2.45) is 5.41 Å². The molecule has 1 atom stereocenters. The first-order chi connectivity index (χ1) is 5.57. The first-order valence-corrected chi connectivity index (χ1v) is 4.88. The molecule has 1 aliphatic rings. The maximum absolute atomic E-state index is 9.49. The standard InChI is InChI=1S/C11H20O/c1-9(2)5-4-6-11(7-8-11)10(3)12/h5,10,12H,4,6-8H2,1-3H3. The molecule has 1 heteroatoms. The first kappa shape index (κ1) is 9.79. The minimum absolute atomic E-state index is 0.108. The summed E-state index contributed by atoms with van der Waals surface area (Å²) in [6.07, 6.45) is 6.90. The van der Waals surface area contributed by atoms with Crippen LogP contribution in [0.2, 0.25) is 0 Å². The molecule has 0 spiro atoms. The van der Waals surface area contributed by atoms with E-state index in [-0.39, 0.29) is 6.10 Å². The minimum atomic E-state index is -0.108. The van der Waals surface area contributed by atoms with Crippen LogP contribution in [0.1, 0.15) is 46.5 Å². The van der Waals surface area contributed by atoms with Crippen molar-refractivity contribution in [2.45, 2.75) is 52.6 Å². The van der Waals surface area contributed by atoms with Gasteiger partial charge in [-0.2, -0.15) is 0 Å². The van der Waals surface area contributed by atoms with Crippen LogP contribution in [-0.4, -0.2) is 11.2 Å². The van der Waals surface area contributed by atoms with Gasteiger partial charge in [0.25, 0.3) is 0 Å². The van der Waals surface area contributed by atoms with Crippen LogP contribution >= 0.6 is 0 Å². The molecule has 1 saturated carbocycles. The maximum atomic E-state index is 9.49. The average molecular weight is 168 g/mol. The van der Waals surface area contributed by atoms with Gasteiger partial charge in [-0.3, -0.25) is 0 Å². The van der Waals surface area contributed by atoms with E-state index in [4.69, 9.17) is 0 Å². The van der Waals surface area contributed by atoms with Gasteiger partial charge in [-0.15, -0.1) is 0 Å². The zero-order chi connectivity index (χ0) is 9.19. The van der Waals surface area contributed by atoms with E-state index in [0.717, 1.165) is 12.8 Å².